The fraction of sp³-hybridized carbons (Fsp3) is 0.409. The number of hydrogen-bond donors (Lipinski definition) is 0. The van der Waals surface area contributed by atoms with E-state index in [1.165, 1.54) is 5.56 Å². The average Bonchev–Trinajstić information content (AvgIpc) is 2.61. The second-order valence-corrected chi connectivity index (χ2v) is 7.24. The SMILES string of the molecule is CCN(CC)C(=O)c1ccc(COc2ccc(C(C)(C)C)cc2)cc1. The molecule has 3 heteroatoms. The molecule has 0 aliphatic heterocycles. The highest BCUT2D eigenvalue weighted by Crippen LogP contribution is 2.24. The van der Waals surface area contributed by atoms with Crippen molar-refractivity contribution in [2.45, 2.75) is 46.6 Å². The normalized spacial score (nSPS) is 11.2. The number of nitrogens with zero attached hydrogens (tertiary/aromatic N) is 1. The summed E-state index contributed by atoms with van der Waals surface area (Å²) < 4.78 is 5.85. The first kappa shape index (κ1) is 19.0. The lowest BCUT2D eigenvalue weighted by Crippen LogP contribution is -2.30. The summed E-state index contributed by atoms with van der Waals surface area (Å²) in [6.07, 6.45) is 0. The molecule has 0 heterocycles. The summed E-state index contributed by atoms with van der Waals surface area (Å²) in [5.41, 5.74) is 3.21. The average molecular weight is 339 g/mol. The molecular weight excluding hydrogens is 310 g/mol. The first-order chi connectivity index (χ1) is 11.8. The van der Waals surface area contributed by atoms with Crippen LogP contribution in [0.4, 0.5) is 0 Å². The van der Waals surface area contributed by atoms with Crippen LogP contribution in [-0.2, 0) is 12.0 Å². The maximum Gasteiger partial charge on any atom is 0.253 e. The van der Waals surface area contributed by atoms with E-state index in [2.05, 4.69) is 32.9 Å². The number of carbonyl (C=O) groups is 1. The van der Waals surface area contributed by atoms with Gasteiger partial charge >= 0.3 is 0 Å². The second kappa shape index (κ2) is 8.19. The molecule has 0 aromatic heterocycles. The molecule has 1 amide bonds. The third-order valence-corrected chi connectivity index (χ3v) is 4.38. The van der Waals surface area contributed by atoms with Crippen molar-refractivity contribution in [1.82, 2.24) is 4.90 Å². The maximum atomic E-state index is 12.3. The Morgan fingerprint density at radius 3 is 1.96 bits per heavy atom. The Bertz CT molecular complexity index is 677. The largest absolute Gasteiger partial charge is 0.489 e. The lowest BCUT2D eigenvalue weighted by atomic mass is 9.87. The third-order valence-electron chi connectivity index (χ3n) is 4.38. The number of carbonyl (C=O) groups excluding carboxylic acids is 1. The van der Waals surface area contributed by atoms with Crippen LogP contribution in [0, 0.1) is 0 Å². The quantitative estimate of drug-likeness (QED) is 0.737. The summed E-state index contributed by atoms with van der Waals surface area (Å²) in [5.74, 6) is 0.937. The van der Waals surface area contributed by atoms with E-state index in [4.69, 9.17) is 4.74 Å². The summed E-state index contributed by atoms with van der Waals surface area (Å²) in [5, 5.41) is 0. The first-order valence-corrected chi connectivity index (χ1v) is 8.96. The maximum absolute atomic E-state index is 12.3. The van der Waals surface area contributed by atoms with E-state index in [1.807, 2.05) is 55.1 Å². The van der Waals surface area contributed by atoms with Crippen molar-refractivity contribution in [3.8, 4) is 5.75 Å². The molecule has 25 heavy (non-hydrogen) atoms. The molecule has 0 spiro atoms. The molecule has 2 aromatic rings. The Kier molecular flexibility index (Phi) is 6.24. The molecule has 0 saturated carbocycles. The van der Waals surface area contributed by atoms with Crippen LogP contribution in [-0.4, -0.2) is 23.9 Å². The number of amides is 1. The molecule has 0 aliphatic carbocycles. The molecular formula is C22H29NO2. The molecule has 2 aromatic carbocycles. The fourth-order valence-electron chi connectivity index (χ4n) is 2.65. The Labute approximate surface area is 151 Å². The van der Waals surface area contributed by atoms with E-state index >= 15 is 0 Å². The molecule has 3 nitrogen and oxygen atoms in total. The van der Waals surface area contributed by atoms with Crippen molar-refractivity contribution >= 4 is 5.91 Å². The molecule has 0 saturated heterocycles. The third kappa shape index (κ3) is 5.09. The van der Waals surface area contributed by atoms with Crippen LogP contribution in [0.25, 0.3) is 0 Å². The van der Waals surface area contributed by atoms with Gasteiger partial charge in [-0.1, -0.05) is 45.0 Å². The standard InChI is InChI=1S/C22H29NO2/c1-6-23(7-2)21(24)18-10-8-17(9-11-18)16-25-20-14-12-19(13-15-20)22(3,4)5/h8-15H,6-7,16H2,1-5H3. The van der Waals surface area contributed by atoms with Gasteiger partial charge in [-0.25, -0.2) is 0 Å². The van der Waals surface area contributed by atoms with Crippen LogP contribution in [0.1, 0.15) is 56.1 Å². The first-order valence-electron chi connectivity index (χ1n) is 8.96. The van der Waals surface area contributed by atoms with Gasteiger partial charge in [0.15, 0.2) is 0 Å². The van der Waals surface area contributed by atoms with Crippen LogP contribution < -0.4 is 4.74 Å². The highest BCUT2D eigenvalue weighted by molar-refractivity contribution is 5.94. The van der Waals surface area contributed by atoms with Crippen molar-refractivity contribution in [3.05, 3.63) is 65.2 Å². The zero-order chi connectivity index (χ0) is 18.4. The van der Waals surface area contributed by atoms with E-state index in [0.29, 0.717) is 6.61 Å². The Morgan fingerprint density at radius 2 is 1.48 bits per heavy atom. The van der Waals surface area contributed by atoms with E-state index < -0.39 is 0 Å². The highest BCUT2D eigenvalue weighted by Gasteiger charge is 2.13. The van der Waals surface area contributed by atoms with Gasteiger partial charge in [-0.15, -0.1) is 0 Å². The van der Waals surface area contributed by atoms with Gasteiger partial charge in [0, 0.05) is 18.7 Å². The lowest BCUT2D eigenvalue weighted by Gasteiger charge is -2.19. The molecule has 0 N–H and O–H groups in total. The van der Waals surface area contributed by atoms with Gasteiger partial charge in [0.25, 0.3) is 5.91 Å². The number of rotatable bonds is 6. The van der Waals surface area contributed by atoms with Crippen molar-refractivity contribution < 1.29 is 9.53 Å². The van der Waals surface area contributed by atoms with E-state index in [9.17, 15) is 4.79 Å². The molecule has 0 bridgehead atoms. The molecule has 2 rings (SSSR count). The van der Waals surface area contributed by atoms with Gasteiger partial charge in [-0.05, 0) is 54.7 Å². The minimum absolute atomic E-state index is 0.0789. The van der Waals surface area contributed by atoms with Gasteiger partial charge < -0.3 is 9.64 Å². The topological polar surface area (TPSA) is 29.5 Å². The monoisotopic (exact) mass is 339 g/mol. The van der Waals surface area contributed by atoms with Gasteiger partial charge in [0.05, 0.1) is 0 Å². The van der Waals surface area contributed by atoms with Crippen molar-refractivity contribution in [3.63, 3.8) is 0 Å². The number of ether oxygens (including phenoxy) is 1. The second-order valence-electron chi connectivity index (χ2n) is 7.24. The van der Waals surface area contributed by atoms with E-state index in [0.717, 1.165) is 30.0 Å². The molecule has 0 atom stereocenters. The highest BCUT2D eigenvalue weighted by atomic mass is 16.5. The predicted molar refractivity (Wildman–Crippen MR) is 103 cm³/mol. The van der Waals surface area contributed by atoms with Crippen molar-refractivity contribution in [1.29, 1.82) is 0 Å². The van der Waals surface area contributed by atoms with Crippen LogP contribution in [0.3, 0.4) is 0 Å². The van der Waals surface area contributed by atoms with Gasteiger partial charge in [0.2, 0.25) is 0 Å². The Morgan fingerprint density at radius 1 is 0.920 bits per heavy atom. The van der Waals surface area contributed by atoms with Gasteiger partial charge in [0.1, 0.15) is 12.4 Å². The van der Waals surface area contributed by atoms with E-state index in [1.54, 1.807) is 0 Å². The smallest absolute Gasteiger partial charge is 0.253 e. The van der Waals surface area contributed by atoms with Crippen LogP contribution in [0.15, 0.2) is 48.5 Å². The minimum Gasteiger partial charge on any atom is -0.489 e. The van der Waals surface area contributed by atoms with Gasteiger partial charge in [-0.3, -0.25) is 4.79 Å². The summed E-state index contributed by atoms with van der Waals surface area (Å²) >= 11 is 0. The van der Waals surface area contributed by atoms with Crippen molar-refractivity contribution in [2.75, 3.05) is 13.1 Å². The van der Waals surface area contributed by atoms with Gasteiger partial charge in [-0.2, -0.15) is 0 Å². The summed E-state index contributed by atoms with van der Waals surface area (Å²) in [7, 11) is 0. The predicted octanol–water partition coefficient (Wildman–Crippen LogP) is 5.05. The Balaban J connectivity index is 1.96. The van der Waals surface area contributed by atoms with Crippen molar-refractivity contribution in [2.24, 2.45) is 0 Å². The lowest BCUT2D eigenvalue weighted by molar-refractivity contribution is 0.0773. The van der Waals surface area contributed by atoms with E-state index in [-0.39, 0.29) is 11.3 Å². The zero-order valence-electron chi connectivity index (χ0n) is 16.0. The minimum atomic E-state index is 0.0789. The zero-order valence-corrected chi connectivity index (χ0v) is 16.0. The van der Waals surface area contributed by atoms with Crippen LogP contribution >= 0.6 is 0 Å². The molecule has 0 fully saturated rings. The van der Waals surface area contributed by atoms with Crippen LogP contribution in [0.2, 0.25) is 0 Å². The summed E-state index contributed by atoms with van der Waals surface area (Å²) in [6.45, 7) is 12.5. The number of benzene rings is 2. The fourth-order valence-corrected chi connectivity index (χ4v) is 2.65. The molecule has 0 radical (unpaired) electrons. The van der Waals surface area contributed by atoms with Crippen LogP contribution in [0.5, 0.6) is 5.75 Å². The summed E-state index contributed by atoms with van der Waals surface area (Å²) in [6, 6.07) is 15.9. The molecule has 134 valence electrons. The Hall–Kier alpha value is -2.29. The molecule has 0 aliphatic rings. The summed E-state index contributed by atoms with van der Waals surface area (Å²) in [4.78, 5) is 14.1. The molecule has 0 unspecified atom stereocenters. The number of hydrogen-bond acceptors (Lipinski definition) is 2.